The largest absolute Gasteiger partial charge is 0.467 e. The molecule has 0 fully saturated rings. The Balaban J connectivity index is 2.98. The minimum atomic E-state index is -0.596. The van der Waals surface area contributed by atoms with Gasteiger partial charge in [0.05, 0.1) is 18.1 Å². The highest BCUT2D eigenvalue weighted by Gasteiger charge is 2.22. The normalized spacial score (nSPS) is 12.1. The Morgan fingerprint density at radius 2 is 2.20 bits per heavy atom. The lowest BCUT2D eigenvalue weighted by molar-refractivity contribution is -0.384. The summed E-state index contributed by atoms with van der Waals surface area (Å²) in [4.78, 5) is 26.0. The number of hydrogen-bond acceptors (Lipinski definition) is 6. The molecule has 0 saturated carbocycles. The fraction of sp³-hybridized carbons (Fsp3) is 0.500. The van der Waals surface area contributed by atoms with E-state index < -0.39 is 16.9 Å². The van der Waals surface area contributed by atoms with Gasteiger partial charge in [0.15, 0.2) is 0 Å². The molecule has 20 heavy (non-hydrogen) atoms. The van der Waals surface area contributed by atoms with Gasteiger partial charge in [-0.2, -0.15) is 0 Å². The molecule has 0 amide bonds. The summed E-state index contributed by atoms with van der Waals surface area (Å²) in [6, 6.07) is 1.98. The van der Waals surface area contributed by atoms with Gasteiger partial charge in [0.2, 0.25) is 0 Å². The van der Waals surface area contributed by atoms with E-state index in [-0.39, 0.29) is 17.4 Å². The van der Waals surface area contributed by atoms with Crippen LogP contribution in [0.1, 0.15) is 20.3 Å². The number of nitrogens with zero attached hydrogens (tertiary/aromatic N) is 2. The van der Waals surface area contributed by atoms with E-state index >= 15 is 0 Å². The van der Waals surface area contributed by atoms with Gasteiger partial charge in [0.25, 0.3) is 5.69 Å². The number of rotatable bonds is 6. The number of methoxy groups -OCH3 is 1. The Morgan fingerprint density at radius 1 is 1.55 bits per heavy atom. The van der Waals surface area contributed by atoms with E-state index in [4.69, 9.17) is 4.74 Å². The molecule has 1 N–H and O–H groups in total. The Bertz CT molecular complexity index is 507. The van der Waals surface area contributed by atoms with Gasteiger partial charge in [-0.05, 0) is 28.3 Å². The standard InChI is InChI=1S/C12H16BrN3O4/c1-7(2)4-9(12(17)20-3)14-11-6-8(16(18)19)5-10(13)15-11/h5-7,9H,4H2,1-3H3,(H,14,15). The monoisotopic (exact) mass is 345 g/mol. The van der Waals surface area contributed by atoms with Crippen LogP contribution in [-0.4, -0.2) is 29.0 Å². The quantitative estimate of drug-likeness (QED) is 0.368. The van der Waals surface area contributed by atoms with Crippen LogP contribution >= 0.6 is 15.9 Å². The van der Waals surface area contributed by atoms with Gasteiger partial charge in [-0.25, -0.2) is 9.78 Å². The van der Waals surface area contributed by atoms with E-state index in [9.17, 15) is 14.9 Å². The fourth-order valence-corrected chi connectivity index (χ4v) is 2.09. The number of carbonyl (C=O) groups is 1. The van der Waals surface area contributed by atoms with Crippen LogP contribution in [0.2, 0.25) is 0 Å². The van der Waals surface area contributed by atoms with Gasteiger partial charge in [0.1, 0.15) is 16.5 Å². The number of esters is 1. The molecule has 0 radical (unpaired) electrons. The molecule has 1 aromatic rings. The number of hydrogen-bond donors (Lipinski definition) is 1. The third-order valence-corrected chi connectivity index (χ3v) is 2.91. The van der Waals surface area contributed by atoms with Crippen LogP contribution in [-0.2, 0) is 9.53 Å². The highest BCUT2D eigenvalue weighted by atomic mass is 79.9. The summed E-state index contributed by atoms with van der Waals surface area (Å²) in [5.41, 5.74) is -0.109. The minimum absolute atomic E-state index is 0.109. The minimum Gasteiger partial charge on any atom is -0.467 e. The molecule has 0 aliphatic rings. The first kappa shape index (κ1) is 16.4. The third-order valence-electron chi connectivity index (χ3n) is 2.50. The number of carbonyl (C=O) groups excluding carboxylic acids is 1. The molecule has 1 unspecified atom stereocenters. The number of nitro groups is 1. The molecular formula is C12H16BrN3O4. The van der Waals surface area contributed by atoms with E-state index in [1.807, 2.05) is 13.8 Å². The van der Waals surface area contributed by atoms with Crippen molar-refractivity contribution < 1.29 is 14.5 Å². The molecule has 7 nitrogen and oxygen atoms in total. The second-order valence-electron chi connectivity index (χ2n) is 4.64. The summed E-state index contributed by atoms with van der Waals surface area (Å²) in [7, 11) is 1.30. The summed E-state index contributed by atoms with van der Waals surface area (Å²) in [5, 5.41) is 13.7. The van der Waals surface area contributed by atoms with Crippen molar-refractivity contribution in [1.29, 1.82) is 0 Å². The number of anilines is 1. The Kier molecular flexibility index (Phi) is 5.87. The number of nitrogens with one attached hydrogen (secondary N) is 1. The summed E-state index contributed by atoms with van der Waals surface area (Å²) < 4.78 is 5.04. The van der Waals surface area contributed by atoms with E-state index in [1.165, 1.54) is 19.2 Å². The first-order valence-electron chi connectivity index (χ1n) is 5.99. The number of ether oxygens (including phenoxy) is 1. The predicted molar refractivity (Wildman–Crippen MR) is 77.5 cm³/mol. The van der Waals surface area contributed by atoms with Crippen molar-refractivity contribution in [1.82, 2.24) is 4.98 Å². The van der Waals surface area contributed by atoms with Crippen molar-refractivity contribution in [2.45, 2.75) is 26.3 Å². The molecule has 8 heteroatoms. The average molecular weight is 346 g/mol. The molecule has 1 aromatic heterocycles. The summed E-state index contributed by atoms with van der Waals surface area (Å²) >= 11 is 3.10. The predicted octanol–water partition coefficient (Wildman–Crippen LogP) is 2.75. The van der Waals surface area contributed by atoms with E-state index in [0.29, 0.717) is 11.0 Å². The number of halogens is 1. The SMILES string of the molecule is COC(=O)C(CC(C)C)Nc1cc([N+](=O)[O-])cc(Br)n1. The molecule has 0 aromatic carbocycles. The maximum atomic E-state index is 11.7. The van der Waals surface area contributed by atoms with Gasteiger partial charge >= 0.3 is 5.97 Å². The molecule has 0 bridgehead atoms. The van der Waals surface area contributed by atoms with Crippen molar-refractivity contribution in [3.63, 3.8) is 0 Å². The lowest BCUT2D eigenvalue weighted by atomic mass is 10.0. The zero-order chi connectivity index (χ0) is 15.3. The number of aromatic nitrogens is 1. The maximum Gasteiger partial charge on any atom is 0.328 e. The third kappa shape index (κ3) is 4.76. The molecule has 1 heterocycles. The van der Waals surface area contributed by atoms with E-state index in [2.05, 4.69) is 26.2 Å². The topological polar surface area (TPSA) is 94.4 Å². The smallest absolute Gasteiger partial charge is 0.328 e. The molecule has 1 atom stereocenters. The Hall–Kier alpha value is -1.70. The van der Waals surface area contributed by atoms with Crippen LogP contribution in [0.25, 0.3) is 0 Å². The zero-order valence-electron chi connectivity index (χ0n) is 11.4. The molecule has 110 valence electrons. The Morgan fingerprint density at radius 3 is 2.70 bits per heavy atom. The van der Waals surface area contributed by atoms with E-state index in [1.54, 1.807) is 0 Å². The number of pyridine rings is 1. The highest BCUT2D eigenvalue weighted by Crippen LogP contribution is 2.22. The van der Waals surface area contributed by atoms with Crippen LogP contribution in [0, 0.1) is 16.0 Å². The van der Waals surface area contributed by atoms with Gasteiger partial charge in [-0.15, -0.1) is 0 Å². The molecule has 0 saturated heterocycles. The van der Waals surface area contributed by atoms with Crippen molar-refractivity contribution in [3.05, 3.63) is 26.9 Å². The van der Waals surface area contributed by atoms with Crippen LogP contribution in [0.5, 0.6) is 0 Å². The first-order valence-corrected chi connectivity index (χ1v) is 6.79. The Labute approximate surface area is 125 Å². The van der Waals surface area contributed by atoms with Gasteiger partial charge in [-0.1, -0.05) is 13.8 Å². The molecule has 1 rings (SSSR count). The van der Waals surface area contributed by atoms with Crippen LogP contribution < -0.4 is 5.32 Å². The van der Waals surface area contributed by atoms with Crippen LogP contribution in [0.15, 0.2) is 16.7 Å². The van der Waals surface area contributed by atoms with Crippen molar-refractivity contribution in [3.8, 4) is 0 Å². The summed E-state index contributed by atoms with van der Waals surface area (Å²) in [6.45, 7) is 3.93. The average Bonchev–Trinajstić information content (AvgIpc) is 2.35. The molecular weight excluding hydrogens is 330 g/mol. The van der Waals surface area contributed by atoms with Crippen molar-refractivity contribution >= 4 is 33.4 Å². The fourth-order valence-electron chi connectivity index (χ4n) is 1.67. The molecule has 0 aliphatic heterocycles. The molecule has 0 aliphatic carbocycles. The van der Waals surface area contributed by atoms with Crippen molar-refractivity contribution in [2.75, 3.05) is 12.4 Å². The lowest BCUT2D eigenvalue weighted by Gasteiger charge is -2.18. The first-order chi connectivity index (χ1) is 9.33. The maximum absolute atomic E-state index is 11.7. The highest BCUT2D eigenvalue weighted by molar-refractivity contribution is 9.10. The van der Waals surface area contributed by atoms with Gasteiger partial charge in [-0.3, -0.25) is 10.1 Å². The summed E-state index contributed by atoms with van der Waals surface area (Å²) in [6.07, 6.45) is 0.536. The summed E-state index contributed by atoms with van der Waals surface area (Å²) in [5.74, 6) is 0.0824. The zero-order valence-corrected chi connectivity index (χ0v) is 13.0. The van der Waals surface area contributed by atoms with Gasteiger partial charge in [0, 0.05) is 6.07 Å². The molecule has 0 spiro atoms. The van der Waals surface area contributed by atoms with Crippen LogP contribution in [0.4, 0.5) is 11.5 Å². The second-order valence-corrected chi connectivity index (χ2v) is 5.45. The van der Waals surface area contributed by atoms with E-state index in [0.717, 1.165) is 0 Å². The van der Waals surface area contributed by atoms with Gasteiger partial charge < -0.3 is 10.1 Å². The van der Waals surface area contributed by atoms with Crippen LogP contribution in [0.3, 0.4) is 0 Å². The van der Waals surface area contributed by atoms with Crippen molar-refractivity contribution in [2.24, 2.45) is 5.92 Å². The lowest BCUT2D eigenvalue weighted by Crippen LogP contribution is -2.32. The second kappa shape index (κ2) is 7.18.